The third kappa shape index (κ3) is 4.44. The van der Waals surface area contributed by atoms with E-state index in [0.717, 1.165) is 19.1 Å². The van der Waals surface area contributed by atoms with Crippen molar-refractivity contribution >= 4 is 0 Å². The van der Waals surface area contributed by atoms with Crippen LogP contribution >= 0.6 is 0 Å². The van der Waals surface area contributed by atoms with E-state index >= 15 is 0 Å². The van der Waals surface area contributed by atoms with Gasteiger partial charge >= 0.3 is 0 Å². The molecule has 1 rings (SSSR count). The maximum Gasteiger partial charge on any atom is 0.0462 e. The quantitative estimate of drug-likeness (QED) is 0.658. The summed E-state index contributed by atoms with van der Waals surface area (Å²) in [6.45, 7) is 13.9. The van der Waals surface area contributed by atoms with E-state index in [0.29, 0.717) is 11.6 Å². The van der Waals surface area contributed by atoms with Crippen molar-refractivity contribution in [2.45, 2.75) is 71.4 Å². The number of nitrogens with zero attached hydrogens (tertiary/aromatic N) is 1. The van der Waals surface area contributed by atoms with Gasteiger partial charge in [0.1, 0.15) is 0 Å². The highest BCUT2D eigenvalue weighted by Gasteiger charge is 2.39. The van der Waals surface area contributed by atoms with Crippen molar-refractivity contribution in [3.8, 4) is 0 Å². The molecule has 1 heterocycles. The van der Waals surface area contributed by atoms with Gasteiger partial charge in [-0.1, -0.05) is 34.1 Å². The Balaban J connectivity index is 2.62. The van der Waals surface area contributed by atoms with Crippen LogP contribution in [0.25, 0.3) is 0 Å². The van der Waals surface area contributed by atoms with E-state index in [1.54, 1.807) is 7.11 Å². The fourth-order valence-corrected chi connectivity index (χ4v) is 3.42. The predicted molar refractivity (Wildman–Crippen MR) is 87.2 cm³/mol. The van der Waals surface area contributed by atoms with E-state index < -0.39 is 0 Å². The third-order valence-electron chi connectivity index (χ3n) is 5.45. The van der Waals surface area contributed by atoms with Gasteiger partial charge in [-0.3, -0.25) is 4.90 Å². The van der Waals surface area contributed by atoms with Crippen LogP contribution in [-0.2, 0) is 4.74 Å². The molecule has 1 N–H and O–H groups in total. The average molecular weight is 284 g/mol. The molecule has 2 unspecified atom stereocenters. The third-order valence-corrected chi connectivity index (χ3v) is 5.45. The molecule has 3 nitrogen and oxygen atoms in total. The van der Waals surface area contributed by atoms with Gasteiger partial charge in [0.25, 0.3) is 0 Å². The first kappa shape index (κ1) is 17.9. The van der Waals surface area contributed by atoms with Gasteiger partial charge in [-0.15, -0.1) is 0 Å². The molecule has 3 heteroatoms. The Morgan fingerprint density at radius 2 is 1.95 bits per heavy atom. The Kier molecular flexibility index (Phi) is 8.08. The standard InChI is InChI=1S/C17H36N2O/c1-6-15(4)16-13-19(11-9-10-12-20-5)17(7-2,8-3)14-18-16/h15-16,18H,6-14H2,1-5H3. The molecular formula is C17H36N2O. The second-order valence-corrected chi connectivity index (χ2v) is 6.45. The Morgan fingerprint density at radius 1 is 1.25 bits per heavy atom. The summed E-state index contributed by atoms with van der Waals surface area (Å²) in [5.74, 6) is 0.767. The van der Waals surface area contributed by atoms with Crippen molar-refractivity contribution in [2.75, 3.05) is 33.4 Å². The number of unbranched alkanes of at least 4 members (excludes halogenated alkanes) is 1. The van der Waals surface area contributed by atoms with E-state index in [1.165, 1.54) is 45.2 Å². The molecular weight excluding hydrogens is 248 g/mol. The van der Waals surface area contributed by atoms with Crippen LogP contribution in [0.4, 0.5) is 0 Å². The van der Waals surface area contributed by atoms with Gasteiger partial charge in [-0.05, 0) is 38.1 Å². The van der Waals surface area contributed by atoms with Gasteiger partial charge < -0.3 is 10.1 Å². The zero-order valence-electron chi connectivity index (χ0n) is 14.4. The van der Waals surface area contributed by atoms with Gasteiger partial charge in [0.2, 0.25) is 0 Å². The van der Waals surface area contributed by atoms with Crippen LogP contribution in [0, 0.1) is 5.92 Å². The maximum absolute atomic E-state index is 5.18. The normalized spacial score (nSPS) is 24.8. The number of nitrogens with one attached hydrogen (secondary N) is 1. The van der Waals surface area contributed by atoms with E-state index in [9.17, 15) is 0 Å². The van der Waals surface area contributed by atoms with Crippen LogP contribution in [0.2, 0.25) is 0 Å². The zero-order valence-corrected chi connectivity index (χ0v) is 14.4. The molecule has 0 radical (unpaired) electrons. The highest BCUT2D eigenvalue weighted by Crippen LogP contribution is 2.29. The molecule has 1 aliphatic heterocycles. The van der Waals surface area contributed by atoms with Gasteiger partial charge in [-0.25, -0.2) is 0 Å². The van der Waals surface area contributed by atoms with E-state index in [-0.39, 0.29) is 0 Å². The summed E-state index contributed by atoms with van der Waals surface area (Å²) in [5.41, 5.74) is 0.372. The number of hydrogen-bond donors (Lipinski definition) is 1. The molecule has 20 heavy (non-hydrogen) atoms. The molecule has 0 aromatic heterocycles. The van der Waals surface area contributed by atoms with Crippen molar-refractivity contribution in [1.29, 1.82) is 0 Å². The molecule has 0 aromatic rings. The molecule has 120 valence electrons. The lowest BCUT2D eigenvalue weighted by atomic mass is 9.84. The van der Waals surface area contributed by atoms with Crippen LogP contribution in [-0.4, -0.2) is 49.8 Å². The topological polar surface area (TPSA) is 24.5 Å². The lowest BCUT2D eigenvalue weighted by molar-refractivity contribution is 0.0178. The molecule has 2 atom stereocenters. The number of methoxy groups -OCH3 is 1. The minimum Gasteiger partial charge on any atom is -0.385 e. The van der Waals surface area contributed by atoms with E-state index in [2.05, 4.69) is 37.9 Å². The predicted octanol–water partition coefficient (Wildman–Crippen LogP) is 3.29. The highest BCUT2D eigenvalue weighted by atomic mass is 16.5. The Labute approximate surface area is 126 Å². The summed E-state index contributed by atoms with van der Waals surface area (Å²) >= 11 is 0. The molecule has 0 aliphatic carbocycles. The van der Waals surface area contributed by atoms with Crippen molar-refractivity contribution < 1.29 is 4.74 Å². The van der Waals surface area contributed by atoms with Gasteiger partial charge in [-0.2, -0.15) is 0 Å². The summed E-state index contributed by atoms with van der Waals surface area (Å²) in [6.07, 6.45) is 6.18. The fraction of sp³-hybridized carbons (Fsp3) is 1.00. The molecule has 0 bridgehead atoms. The lowest BCUT2D eigenvalue weighted by Crippen LogP contribution is -2.65. The molecule has 1 aliphatic rings. The second-order valence-electron chi connectivity index (χ2n) is 6.45. The number of piperazine rings is 1. The fourth-order valence-electron chi connectivity index (χ4n) is 3.42. The first-order valence-corrected chi connectivity index (χ1v) is 8.60. The number of hydrogen-bond acceptors (Lipinski definition) is 3. The summed E-state index contributed by atoms with van der Waals surface area (Å²) < 4.78 is 5.18. The van der Waals surface area contributed by atoms with Crippen LogP contribution < -0.4 is 5.32 Å². The number of ether oxygens (including phenoxy) is 1. The molecule has 0 saturated carbocycles. The monoisotopic (exact) mass is 284 g/mol. The second kappa shape index (κ2) is 9.01. The lowest BCUT2D eigenvalue weighted by Gasteiger charge is -2.51. The van der Waals surface area contributed by atoms with Crippen LogP contribution in [0.1, 0.15) is 59.8 Å². The van der Waals surface area contributed by atoms with Crippen molar-refractivity contribution in [2.24, 2.45) is 5.92 Å². The first-order chi connectivity index (χ1) is 9.63. The van der Waals surface area contributed by atoms with Crippen LogP contribution in [0.15, 0.2) is 0 Å². The van der Waals surface area contributed by atoms with Gasteiger partial charge in [0.05, 0.1) is 0 Å². The molecule has 0 spiro atoms. The zero-order chi connectivity index (χ0) is 15.0. The Hall–Kier alpha value is -0.120. The van der Waals surface area contributed by atoms with E-state index in [4.69, 9.17) is 4.74 Å². The Bertz CT molecular complexity index is 253. The highest BCUT2D eigenvalue weighted by molar-refractivity contribution is 4.98. The van der Waals surface area contributed by atoms with Crippen molar-refractivity contribution in [3.05, 3.63) is 0 Å². The summed E-state index contributed by atoms with van der Waals surface area (Å²) in [4.78, 5) is 2.77. The average Bonchev–Trinajstić information content (AvgIpc) is 2.50. The summed E-state index contributed by atoms with van der Waals surface area (Å²) in [5, 5.41) is 3.83. The Morgan fingerprint density at radius 3 is 2.50 bits per heavy atom. The van der Waals surface area contributed by atoms with Crippen LogP contribution in [0.5, 0.6) is 0 Å². The molecule has 0 aromatic carbocycles. The smallest absolute Gasteiger partial charge is 0.0462 e. The van der Waals surface area contributed by atoms with Crippen molar-refractivity contribution in [1.82, 2.24) is 10.2 Å². The van der Waals surface area contributed by atoms with Gasteiger partial charge in [0, 0.05) is 38.4 Å². The first-order valence-electron chi connectivity index (χ1n) is 8.60. The largest absolute Gasteiger partial charge is 0.385 e. The SMILES string of the molecule is CCC(C)C1CN(CCCCOC)C(CC)(CC)CN1. The van der Waals surface area contributed by atoms with Crippen molar-refractivity contribution in [3.63, 3.8) is 0 Å². The minimum atomic E-state index is 0.372. The molecule has 1 fully saturated rings. The molecule has 1 saturated heterocycles. The summed E-state index contributed by atoms with van der Waals surface area (Å²) in [7, 11) is 1.80. The number of rotatable bonds is 9. The minimum absolute atomic E-state index is 0.372. The van der Waals surface area contributed by atoms with Gasteiger partial charge in [0.15, 0.2) is 0 Å². The van der Waals surface area contributed by atoms with Crippen LogP contribution in [0.3, 0.4) is 0 Å². The molecule has 0 amide bonds. The summed E-state index contributed by atoms with van der Waals surface area (Å²) in [6, 6.07) is 0.661. The maximum atomic E-state index is 5.18. The van der Waals surface area contributed by atoms with E-state index in [1.807, 2.05) is 0 Å².